The molecule has 1 aromatic heterocycles. The van der Waals surface area contributed by atoms with Gasteiger partial charge in [0.15, 0.2) is 5.69 Å². The molecule has 0 spiro atoms. The Kier molecular flexibility index (Phi) is 4.78. The fourth-order valence-electron chi connectivity index (χ4n) is 3.19. The molecule has 4 rings (SSSR count). The summed E-state index contributed by atoms with van der Waals surface area (Å²) in [5.41, 5.74) is 3.03. The normalized spacial score (nSPS) is 14.3. The number of anilines is 1. The van der Waals surface area contributed by atoms with E-state index in [-0.39, 0.29) is 11.7 Å². The molecule has 27 heavy (non-hydrogen) atoms. The first-order valence-corrected chi connectivity index (χ1v) is 8.90. The number of aromatic nitrogens is 2. The Morgan fingerprint density at radius 1 is 0.815 bits per heavy atom. The second-order valence-electron chi connectivity index (χ2n) is 6.43. The number of rotatable bonds is 3. The van der Waals surface area contributed by atoms with Gasteiger partial charge in [0.1, 0.15) is 5.82 Å². The molecule has 1 amide bonds. The third-order valence-corrected chi connectivity index (χ3v) is 4.71. The predicted octanol–water partition coefficient (Wildman–Crippen LogP) is 3.25. The van der Waals surface area contributed by atoms with Crippen molar-refractivity contribution in [2.45, 2.75) is 0 Å². The van der Waals surface area contributed by atoms with Gasteiger partial charge in [0, 0.05) is 37.4 Å². The van der Waals surface area contributed by atoms with Crippen molar-refractivity contribution in [3.05, 3.63) is 78.2 Å². The number of piperazine rings is 1. The Labute approximate surface area is 157 Å². The topological polar surface area (TPSA) is 49.3 Å². The van der Waals surface area contributed by atoms with E-state index in [2.05, 4.69) is 15.1 Å². The van der Waals surface area contributed by atoms with Gasteiger partial charge in [-0.15, -0.1) is 10.2 Å². The van der Waals surface area contributed by atoms with E-state index in [0.29, 0.717) is 31.9 Å². The SMILES string of the molecule is O=C(c1ccc(-c2ccccc2)nn1)N1CCN(c2ccc(F)cc2)CC1. The minimum absolute atomic E-state index is 0.110. The summed E-state index contributed by atoms with van der Waals surface area (Å²) in [6.45, 7) is 2.59. The predicted molar refractivity (Wildman–Crippen MR) is 102 cm³/mol. The van der Waals surface area contributed by atoms with Crippen LogP contribution in [0, 0.1) is 5.82 Å². The largest absolute Gasteiger partial charge is 0.368 e. The van der Waals surface area contributed by atoms with Gasteiger partial charge in [0.25, 0.3) is 5.91 Å². The van der Waals surface area contributed by atoms with Crippen molar-refractivity contribution in [1.29, 1.82) is 0 Å². The fraction of sp³-hybridized carbons (Fsp3) is 0.190. The molecule has 0 N–H and O–H groups in total. The molecule has 0 saturated carbocycles. The molecule has 2 aromatic carbocycles. The van der Waals surface area contributed by atoms with Crippen molar-refractivity contribution in [3.63, 3.8) is 0 Å². The van der Waals surface area contributed by atoms with E-state index < -0.39 is 0 Å². The summed E-state index contributed by atoms with van der Waals surface area (Å²) in [5.74, 6) is -0.356. The highest BCUT2D eigenvalue weighted by atomic mass is 19.1. The molecule has 3 aromatic rings. The second kappa shape index (κ2) is 7.53. The molecule has 1 aliphatic heterocycles. The number of carbonyl (C=O) groups is 1. The zero-order valence-corrected chi connectivity index (χ0v) is 14.8. The molecular weight excluding hydrogens is 343 g/mol. The van der Waals surface area contributed by atoms with Crippen LogP contribution in [-0.2, 0) is 0 Å². The van der Waals surface area contributed by atoms with Crippen LogP contribution in [0.2, 0.25) is 0 Å². The number of hydrogen-bond donors (Lipinski definition) is 0. The van der Waals surface area contributed by atoms with Crippen LogP contribution in [0.1, 0.15) is 10.5 Å². The maximum atomic E-state index is 13.1. The van der Waals surface area contributed by atoms with Crippen molar-refractivity contribution in [2.75, 3.05) is 31.1 Å². The van der Waals surface area contributed by atoms with Crippen LogP contribution < -0.4 is 4.90 Å². The number of hydrogen-bond acceptors (Lipinski definition) is 4. The average Bonchev–Trinajstić information content (AvgIpc) is 2.75. The molecular formula is C21H19FN4O. The van der Waals surface area contributed by atoms with Crippen LogP contribution in [0.3, 0.4) is 0 Å². The van der Waals surface area contributed by atoms with Gasteiger partial charge < -0.3 is 9.80 Å². The van der Waals surface area contributed by atoms with Gasteiger partial charge in [-0.05, 0) is 36.4 Å². The van der Waals surface area contributed by atoms with Gasteiger partial charge in [-0.1, -0.05) is 30.3 Å². The fourth-order valence-corrected chi connectivity index (χ4v) is 3.19. The lowest BCUT2D eigenvalue weighted by Crippen LogP contribution is -2.49. The van der Waals surface area contributed by atoms with Crippen LogP contribution in [0.15, 0.2) is 66.7 Å². The van der Waals surface area contributed by atoms with E-state index >= 15 is 0 Å². The third kappa shape index (κ3) is 3.79. The summed E-state index contributed by atoms with van der Waals surface area (Å²) in [6, 6.07) is 19.7. The summed E-state index contributed by atoms with van der Waals surface area (Å²) in [7, 11) is 0. The molecule has 0 aliphatic carbocycles. The maximum Gasteiger partial charge on any atom is 0.274 e. The average molecular weight is 362 g/mol. The lowest BCUT2D eigenvalue weighted by molar-refractivity contribution is 0.0739. The second-order valence-corrected chi connectivity index (χ2v) is 6.43. The molecule has 0 radical (unpaired) electrons. The van der Waals surface area contributed by atoms with Gasteiger partial charge in [0.05, 0.1) is 5.69 Å². The van der Waals surface area contributed by atoms with Crippen LogP contribution in [-0.4, -0.2) is 47.2 Å². The molecule has 6 heteroatoms. The molecule has 0 atom stereocenters. The minimum atomic E-state index is -0.245. The number of benzene rings is 2. The van der Waals surface area contributed by atoms with Crippen molar-refractivity contribution in [2.24, 2.45) is 0 Å². The number of halogens is 1. The Morgan fingerprint density at radius 3 is 2.15 bits per heavy atom. The highest BCUT2D eigenvalue weighted by molar-refractivity contribution is 5.92. The summed E-state index contributed by atoms with van der Waals surface area (Å²) in [4.78, 5) is 16.6. The first-order valence-electron chi connectivity index (χ1n) is 8.90. The number of nitrogens with zero attached hydrogens (tertiary/aromatic N) is 4. The van der Waals surface area contributed by atoms with Crippen LogP contribution in [0.4, 0.5) is 10.1 Å². The number of carbonyl (C=O) groups excluding carboxylic acids is 1. The summed E-state index contributed by atoms with van der Waals surface area (Å²) in [5, 5.41) is 8.31. The van der Waals surface area contributed by atoms with E-state index in [4.69, 9.17) is 0 Å². The Balaban J connectivity index is 1.40. The van der Waals surface area contributed by atoms with Gasteiger partial charge in [-0.3, -0.25) is 4.79 Å². The standard InChI is InChI=1S/C21H19FN4O/c22-17-6-8-18(9-7-17)25-12-14-26(15-13-25)21(27)20-11-10-19(23-24-20)16-4-2-1-3-5-16/h1-11H,12-15H2. The molecule has 1 aliphatic rings. The van der Waals surface area contributed by atoms with Crippen LogP contribution in [0.5, 0.6) is 0 Å². The van der Waals surface area contributed by atoms with Crippen molar-refractivity contribution >= 4 is 11.6 Å². The first kappa shape index (κ1) is 17.1. The zero-order chi connectivity index (χ0) is 18.6. The van der Waals surface area contributed by atoms with Gasteiger partial charge >= 0.3 is 0 Å². The quantitative estimate of drug-likeness (QED) is 0.718. The van der Waals surface area contributed by atoms with E-state index in [9.17, 15) is 9.18 Å². The summed E-state index contributed by atoms with van der Waals surface area (Å²) < 4.78 is 13.1. The summed E-state index contributed by atoms with van der Waals surface area (Å²) in [6.07, 6.45) is 0. The van der Waals surface area contributed by atoms with Crippen molar-refractivity contribution in [1.82, 2.24) is 15.1 Å². The molecule has 1 fully saturated rings. The highest BCUT2D eigenvalue weighted by Crippen LogP contribution is 2.19. The number of amides is 1. The van der Waals surface area contributed by atoms with Gasteiger partial charge in [-0.2, -0.15) is 0 Å². The monoisotopic (exact) mass is 362 g/mol. The molecule has 2 heterocycles. The van der Waals surface area contributed by atoms with Crippen molar-refractivity contribution in [3.8, 4) is 11.3 Å². The Bertz CT molecular complexity index is 905. The van der Waals surface area contributed by atoms with E-state index in [0.717, 1.165) is 16.9 Å². The smallest absolute Gasteiger partial charge is 0.274 e. The van der Waals surface area contributed by atoms with Crippen LogP contribution in [0.25, 0.3) is 11.3 Å². The Hall–Kier alpha value is -3.28. The lowest BCUT2D eigenvalue weighted by Gasteiger charge is -2.35. The molecule has 0 bridgehead atoms. The van der Waals surface area contributed by atoms with E-state index in [1.165, 1.54) is 12.1 Å². The van der Waals surface area contributed by atoms with Gasteiger partial charge in [0.2, 0.25) is 0 Å². The lowest BCUT2D eigenvalue weighted by atomic mass is 10.1. The highest BCUT2D eigenvalue weighted by Gasteiger charge is 2.23. The van der Waals surface area contributed by atoms with Gasteiger partial charge in [-0.25, -0.2) is 4.39 Å². The summed E-state index contributed by atoms with van der Waals surface area (Å²) >= 11 is 0. The molecule has 136 valence electrons. The van der Waals surface area contributed by atoms with Crippen molar-refractivity contribution < 1.29 is 9.18 Å². The maximum absolute atomic E-state index is 13.1. The minimum Gasteiger partial charge on any atom is -0.368 e. The van der Waals surface area contributed by atoms with E-state index in [1.807, 2.05) is 36.4 Å². The molecule has 0 unspecified atom stereocenters. The third-order valence-electron chi connectivity index (χ3n) is 4.71. The Morgan fingerprint density at radius 2 is 1.52 bits per heavy atom. The molecule has 5 nitrogen and oxygen atoms in total. The van der Waals surface area contributed by atoms with Crippen LogP contribution >= 0.6 is 0 Å². The zero-order valence-electron chi connectivity index (χ0n) is 14.8. The molecule has 1 saturated heterocycles. The van der Waals surface area contributed by atoms with E-state index in [1.54, 1.807) is 23.1 Å². The first-order chi connectivity index (χ1) is 13.2.